The van der Waals surface area contributed by atoms with Crippen LogP contribution < -0.4 is 9.92 Å². The second-order valence-electron chi connectivity index (χ2n) is 6.33. The Morgan fingerprint density at radius 2 is 1.40 bits per heavy atom. The highest BCUT2D eigenvalue weighted by atomic mass is 32.2. The maximum atomic E-state index is 12.6. The molecule has 0 atom stereocenters. The Labute approximate surface area is 172 Å². The van der Waals surface area contributed by atoms with Crippen molar-refractivity contribution in [3.05, 3.63) is 54.1 Å². The van der Waals surface area contributed by atoms with Crippen LogP contribution in [0.25, 0.3) is 10.8 Å². The summed E-state index contributed by atoms with van der Waals surface area (Å²) in [6.07, 6.45) is 0. The Morgan fingerprint density at radius 1 is 0.800 bits per heavy atom. The Hall–Kier alpha value is -2.71. The van der Waals surface area contributed by atoms with Gasteiger partial charge >= 0.3 is 10.1 Å². The van der Waals surface area contributed by atoms with E-state index in [9.17, 15) is 34.4 Å². The van der Waals surface area contributed by atoms with Crippen LogP contribution in [0, 0.1) is 6.92 Å². The van der Waals surface area contributed by atoms with E-state index in [0.29, 0.717) is 0 Å². The lowest BCUT2D eigenvalue weighted by Gasteiger charge is -2.13. The molecule has 0 aliphatic rings. The molecule has 0 bridgehead atoms. The van der Waals surface area contributed by atoms with Crippen molar-refractivity contribution < 1.29 is 38.5 Å². The van der Waals surface area contributed by atoms with Gasteiger partial charge in [-0.2, -0.15) is 25.3 Å². The molecule has 0 saturated heterocycles. The highest BCUT2D eigenvalue weighted by Crippen LogP contribution is 2.35. The highest BCUT2D eigenvalue weighted by molar-refractivity contribution is 7.87. The molecule has 0 aromatic heterocycles. The van der Waals surface area contributed by atoms with E-state index in [2.05, 4.69) is 0 Å². The number of rotatable bonds is 5. The summed E-state index contributed by atoms with van der Waals surface area (Å²) >= 11 is 0. The van der Waals surface area contributed by atoms with Gasteiger partial charge in [0.1, 0.15) is 9.79 Å². The first-order valence-corrected chi connectivity index (χ1v) is 12.3. The Balaban J connectivity index is 2.29. The molecule has 13 heteroatoms. The van der Waals surface area contributed by atoms with Gasteiger partial charge in [-0.1, -0.05) is 17.7 Å². The quantitative estimate of drug-likeness (QED) is 0.282. The van der Waals surface area contributed by atoms with Crippen LogP contribution in [0.3, 0.4) is 0 Å². The minimum atomic E-state index is -4.82. The van der Waals surface area contributed by atoms with Gasteiger partial charge in [0.25, 0.3) is 20.2 Å². The summed E-state index contributed by atoms with van der Waals surface area (Å²) in [6, 6.07) is 9.10. The van der Waals surface area contributed by atoms with Gasteiger partial charge in [-0.15, -0.1) is 0 Å². The van der Waals surface area contributed by atoms with Gasteiger partial charge in [-0.3, -0.25) is 9.11 Å². The summed E-state index contributed by atoms with van der Waals surface area (Å²) in [4.78, 5) is -1.70. The minimum absolute atomic E-state index is 0.0667. The first kappa shape index (κ1) is 22.0. The molecular formula is C17H15NO9S3. The first-order chi connectivity index (χ1) is 13.7. The predicted molar refractivity (Wildman–Crippen MR) is 107 cm³/mol. The first-order valence-electron chi connectivity index (χ1n) is 8.02. The standard InChI is InChI=1S/C17H15NO9S3/c1-10-2-4-12(5-3-10)30(25,26)27-16-8-13(28(19,20)21)6-11-7-17(29(22,23)24)15(18)9-14(11)16/h2-9H,18H2,1H3,(H,19,20,21)(H,22,23,24). The minimum Gasteiger partial charge on any atom is -0.398 e. The number of nitrogen functional groups attached to an aromatic ring is 1. The molecule has 3 aromatic rings. The molecule has 0 saturated carbocycles. The highest BCUT2D eigenvalue weighted by Gasteiger charge is 2.23. The van der Waals surface area contributed by atoms with Crippen molar-refractivity contribution in [3.63, 3.8) is 0 Å². The fourth-order valence-electron chi connectivity index (χ4n) is 2.66. The van der Waals surface area contributed by atoms with Crippen molar-refractivity contribution in [3.8, 4) is 5.75 Å². The average molecular weight is 474 g/mol. The van der Waals surface area contributed by atoms with Crippen LogP contribution in [-0.4, -0.2) is 34.4 Å². The Morgan fingerprint density at radius 3 is 1.93 bits per heavy atom. The van der Waals surface area contributed by atoms with Gasteiger partial charge in [-0.05, 0) is 42.6 Å². The largest absolute Gasteiger partial charge is 0.398 e. The van der Waals surface area contributed by atoms with Crippen molar-refractivity contribution in [2.24, 2.45) is 0 Å². The number of aryl methyl sites for hydroxylation is 1. The van der Waals surface area contributed by atoms with Crippen molar-refractivity contribution in [2.45, 2.75) is 21.6 Å². The van der Waals surface area contributed by atoms with Crippen LogP contribution >= 0.6 is 0 Å². The van der Waals surface area contributed by atoms with E-state index in [0.717, 1.165) is 29.8 Å². The fraction of sp³-hybridized carbons (Fsp3) is 0.0588. The van der Waals surface area contributed by atoms with E-state index in [1.165, 1.54) is 24.3 Å². The number of hydrogen-bond acceptors (Lipinski definition) is 8. The summed E-state index contributed by atoms with van der Waals surface area (Å²) in [5, 5.41) is -0.232. The molecule has 3 aromatic carbocycles. The Bertz CT molecular complexity index is 1480. The summed E-state index contributed by atoms with van der Waals surface area (Å²) in [5.41, 5.74) is 6.01. The van der Waals surface area contributed by atoms with Gasteiger partial charge in [-0.25, -0.2) is 0 Å². The average Bonchev–Trinajstić information content (AvgIpc) is 2.60. The monoisotopic (exact) mass is 473 g/mol. The van der Waals surface area contributed by atoms with Gasteiger partial charge < -0.3 is 9.92 Å². The SMILES string of the molecule is Cc1ccc(S(=O)(=O)Oc2cc(S(=O)(=O)O)cc3cc(S(=O)(=O)O)c(N)cc23)cc1. The maximum absolute atomic E-state index is 12.6. The molecule has 0 unspecified atom stereocenters. The lowest BCUT2D eigenvalue weighted by molar-refractivity contribution is 0.477. The zero-order valence-electron chi connectivity index (χ0n) is 15.2. The van der Waals surface area contributed by atoms with Gasteiger partial charge in [0.15, 0.2) is 5.75 Å². The van der Waals surface area contributed by atoms with Crippen molar-refractivity contribution >= 4 is 46.8 Å². The van der Waals surface area contributed by atoms with Crippen LogP contribution in [0.4, 0.5) is 5.69 Å². The number of benzene rings is 3. The van der Waals surface area contributed by atoms with Crippen LogP contribution in [0.5, 0.6) is 5.75 Å². The topological polar surface area (TPSA) is 178 Å². The molecule has 0 fully saturated rings. The van der Waals surface area contributed by atoms with E-state index in [1.807, 2.05) is 0 Å². The molecule has 0 aliphatic heterocycles. The fourth-order valence-corrected chi connectivity index (χ4v) is 4.76. The Kier molecular flexibility index (Phi) is 5.28. The molecule has 30 heavy (non-hydrogen) atoms. The molecule has 0 aliphatic carbocycles. The molecular weight excluding hydrogens is 458 g/mol. The third-order valence-corrected chi connectivity index (χ3v) is 7.09. The predicted octanol–water partition coefficient (Wildman–Crippen LogP) is 1.99. The van der Waals surface area contributed by atoms with E-state index in [-0.39, 0.29) is 15.7 Å². The normalized spacial score (nSPS) is 12.8. The van der Waals surface area contributed by atoms with Crippen LogP contribution in [0.2, 0.25) is 0 Å². The van der Waals surface area contributed by atoms with Gasteiger partial charge in [0, 0.05) is 11.5 Å². The third-order valence-electron chi connectivity index (χ3n) is 4.10. The molecule has 0 spiro atoms. The molecule has 0 amide bonds. The van der Waals surface area contributed by atoms with E-state index in [1.54, 1.807) is 6.92 Å². The van der Waals surface area contributed by atoms with Crippen LogP contribution in [0.15, 0.2) is 63.2 Å². The van der Waals surface area contributed by atoms with Gasteiger partial charge in [0.05, 0.1) is 10.6 Å². The van der Waals surface area contributed by atoms with Gasteiger partial charge in [0.2, 0.25) is 0 Å². The second kappa shape index (κ2) is 7.21. The number of fused-ring (bicyclic) bond motifs is 1. The summed E-state index contributed by atoms with van der Waals surface area (Å²) in [5.74, 6) is -0.519. The van der Waals surface area contributed by atoms with E-state index >= 15 is 0 Å². The lowest BCUT2D eigenvalue weighted by Crippen LogP contribution is -2.11. The van der Waals surface area contributed by atoms with Crippen LogP contribution in [-0.2, 0) is 30.4 Å². The van der Waals surface area contributed by atoms with Crippen molar-refractivity contribution in [1.29, 1.82) is 0 Å². The molecule has 0 radical (unpaired) electrons. The smallest absolute Gasteiger partial charge is 0.339 e. The summed E-state index contributed by atoms with van der Waals surface area (Å²) in [6.45, 7) is 1.75. The second-order valence-corrected chi connectivity index (χ2v) is 10.7. The zero-order chi connectivity index (χ0) is 22.5. The third kappa shape index (κ3) is 4.39. The molecule has 160 valence electrons. The zero-order valence-corrected chi connectivity index (χ0v) is 17.6. The number of anilines is 1. The molecule has 0 heterocycles. The maximum Gasteiger partial charge on any atom is 0.339 e. The lowest BCUT2D eigenvalue weighted by atomic mass is 10.1. The van der Waals surface area contributed by atoms with E-state index in [4.69, 9.17) is 9.92 Å². The molecule has 10 nitrogen and oxygen atoms in total. The summed E-state index contributed by atoms with van der Waals surface area (Å²) < 4.78 is 95.2. The van der Waals surface area contributed by atoms with E-state index < -0.39 is 51.6 Å². The molecule has 4 N–H and O–H groups in total. The van der Waals surface area contributed by atoms with Crippen molar-refractivity contribution in [2.75, 3.05) is 5.73 Å². The number of hydrogen-bond donors (Lipinski definition) is 3. The summed E-state index contributed by atoms with van der Waals surface area (Å²) in [7, 11) is -14.0. The van der Waals surface area contributed by atoms with Crippen LogP contribution in [0.1, 0.15) is 5.56 Å². The molecule has 3 rings (SSSR count). The number of nitrogens with two attached hydrogens (primary N) is 1. The van der Waals surface area contributed by atoms with Crippen molar-refractivity contribution in [1.82, 2.24) is 0 Å².